The van der Waals surface area contributed by atoms with Crippen LogP contribution in [0.15, 0.2) is 16.2 Å². The van der Waals surface area contributed by atoms with E-state index in [1.807, 2.05) is 13.8 Å². The summed E-state index contributed by atoms with van der Waals surface area (Å²) in [6, 6.07) is -0.209. The third-order valence-electron chi connectivity index (χ3n) is 2.10. The molecule has 0 spiro atoms. The average Bonchev–Trinajstić information content (AvgIpc) is 2.86. The van der Waals surface area contributed by atoms with Gasteiger partial charge in [0.05, 0.1) is 16.4 Å². The summed E-state index contributed by atoms with van der Waals surface area (Å²) in [5.41, 5.74) is 7.63. The van der Waals surface area contributed by atoms with E-state index in [1.54, 1.807) is 11.7 Å². The summed E-state index contributed by atoms with van der Waals surface area (Å²) in [4.78, 5) is 9.08. The highest BCUT2D eigenvalue weighted by Crippen LogP contribution is 2.23. The smallest absolute Gasteiger partial charge is 0.244 e. The van der Waals surface area contributed by atoms with Crippen LogP contribution in [0.4, 0.5) is 0 Å². The number of rotatable bonds is 3. The zero-order chi connectivity index (χ0) is 10.8. The Morgan fingerprint density at radius 2 is 2.27 bits per heavy atom. The second kappa shape index (κ2) is 4.08. The maximum atomic E-state index is 5.90. The largest absolute Gasteiger partial charge is 0.337 e. The predicted octanol–water partition coefficient (Wildman–Crippen LogP) is 1.85. The van der Waals surface area contributed by atoms with Crippen LogP contribution in [0.25, 0.3) is 10.7 Å². The van der Waals surface area contributed by atoms with Crippen LogP contribution in [0.2, 0.25) is 0 Å². The van der Waals surface area contributed by atoms with Crippen molar-refractivity contribution in [3.05, 3.63) is 17.6 Å². The summed E-state index contributed by atoms with van der Waals surface area (Å²) < 4.78 is 5.10. The fourth-order valence-electron chi connectivity index (χ4n) is 1.08. The standard InChI is InChI=1S/C9H12N4OS/c1-5(2)7(10)9-12-8(13-14-9)6-3-11-4-15-6/h3-5,7H,10H2,1-2H3. The number of nitrogens with two attached hydrogens (primary N) is 1. The van der Waals surface area contributed by atoms with Gasteiger partial charge in [-0.2, -0.15) is 4.98 Å². The van der Waals surface area contributed by atoms with Crippen LogP contribution in [0.3, 0.4) is 0 Å². The van der Waals surface area contributed by atoms with Gasteiger partial charge in [-0.3, -0.25) is 4.98 Å². The Balaban J connectivity index is 2.25. The lowest BCUT2D eigenvalue weighted by atomic mass is 10.1. The average molecular weight is 224 g/mol. The highest BCUT2D eigenvalue weighted by atomic mass is 32.1. The van der Waals surface area contributed by atoms with Crippen LogP contribution in [-0.2, 0) is 0 Å². The number of nitrogens with zero attached hydrogens (tertiary/aromatic N) is 3. The van der Waals surface area contributed by atoms with Gasteiger partial charge in [0.25, 0.3) is 0 Å². The van der Waals surface area contributed by atoms with Crippen molar-refractivity contribution in [1.29, 1.82) is 0 Å². The summed E-state index contributed by atoms with van der Waals surface area (Å²) in [6.45, 7) is 4.03. The molecule has 2 N–H and O–H groups in total. The van der Waals surface area contributed by atoms with E-state index in [0.29, 0.717) is 11.7 Å². The summed E-state index contributed by atoms with van der Waals surface area (Å²) in [5.74, 6) is 1.32. The van der Waals surface area contributed by atoms with Crippen molar-refractivity contribution < 1.29 is 4.52 Å². The van der Waals surface area contributed by atoms with Crippen molar-refractivity contribution in [2.24, 2.45) is 11.7 Å². The molecule has 0 saturated carbocycles. The third-order valence-corrected chi connectivity index (χ3v) is 2.87. The molecule has 15 heavy (non-hydrogen) atoms. The van der Waals surface area contributed by atoms with Crippen LogP contribution in [0.1, 0.15) is 25.8 Å². The van der Waals surface area contributed by atoms with E-state index in [4.69, 9.17) is 10.3 Å². The molecular weight excluding hydrogens is 212 g/mol. The molecule has 2 rings (SSSR count). The molecule has 2 aromatic rings. The molecule has 1 atom stereocenters. The number of hydrogen-bond acceptors (Lipinski definition) is 6. The number of aromatic nitrogens is 3. The molecule has 6 heteroatoms. The maximum absolute atomic E-state index is 5.90. The molecule has 0 saturated heterocycles. The van der Waals surface area contributed by atoms with E-state index in [9.17, 15) is 0 Å². The maximum Gasteiger partial charge on any atom is 0.244 e. The Labute approximate surface area is 91.3 Å². The van der Waals surface area contributed by atoms with Gasteiger partial charge in [0.1, 0.15) is 0 Å². The van der Waals surface area contributed by atoms with E-state index in [-0.39, 0.29) is 12.0 Å². The highest BCUT2D eigenvalue weighted by Gasteiger charge is 2.18. The Morgan fingerprint density at radius 1 is 1.47 bits per heavy atom. The van der Waals surface area contributed by atoms with E-state index in [1.165, 1.54) is 11.3 Å². The summed E-state index contributed by atoms with van der Waals surface area (Å²) in [7, 11) is 0. The van der Waals surface area contributed by atoms with Gasteiger partial charge in [0, 0.05) is 6.20 Å². The van der Waals surface area contributed by atoms with E-state index >= 15 is 0 Å². The van der Waals surface area contributed by atoms with Crippen molar-refractivity contribution in [3.63, 3.8) is 0 Å². The lowest BCUT2D eigenvalue weighted by Crippen LogP contribution is -2.16. The summed E-state index contributed by atoms with van der Waals surface area (Å²) in [5, 5.41) is 3.87. The van der Waals surface area contributed by atoms with Gasteiger partial charge >= 0.3 is 0 Å². The Bertz CT molecular complexity index is 423. The molecule has 0 radical (unpaired) electrons. The number of thiazole rings is 1. The monoisotopic (exact) mass is 224 g/mol. The number of hydrogen-bond donors (Lipinski definition) is 1. The first kappa shape index (κ1) is 10.3. The van der Waals surface area contributed by atoms with Crippen LogP contribution in [-0.4, -0.2) is 15.1 Å². The van der Waals surface area contributed by atoms with Crippen LogP contribution in [0, 0.1) is 5.92 Å². The first-order valence-corrected chi connectivity index (χ1v) is 5.54. The van der Waals surface area contributed by atoms with E-state index in [0.717, 1.165) is 4.88 Å². The van der Waals surface area contributed by atoms with Crippen molar-refractivity contribution in [1.82, 2.24) is 15.1 Å². The highest BCUT2D eigenvalue weighted by molar-refractivity contribution is 7.13. The minimum Gasteiger partial charge on any atom is -0.337 e. The molecule has 80 valence electrons. The molecule has 0 amide bonds. The Morgan fingerprint density at radius 3 is 2.87 bits per heavy atom. The van der Waals surface area contributed by atoms with E-state index < -0.39 is 0 Å². The molecule has 0 aromatic carbocycles. The second-order valence-corrected chi connectivity index (χ2v) is 4.48. The summed E-state index contributed by atoms with van der Waals surface area (Å²) >= 11 is 1.47. The van der Waals surface area contributed by atoms with Gasteiger partial charge in [0.2, 0.25) is 11.7 Å². The van der Waals surface area contributed by atoms with Gasteiger partial charge < -0.3 is 10.3 Å². The first-order valence-electron chi connectivity index (χ1n) is 4.66. The zero-order valence-electron chi connectivity index (χ0n) is 8.54. The van der Waals surface area contributed by atoms with Gasteiger partial charge in [0.15, 0.2) is 0 Å². The van der Waals surface area contributed by atoms with Crippen molar-refractivity contribution in [3.8, 4) is 10.7 Å². The quantitative estimate of drug-likeness (QED) is 0.860. The Hall–Kier alpha value is -1.27. The van der Waals surface area contributed by atoms with Crippen LogP contribution >= 0.6 is 11.3 Å². The lowest BCUT2D eigenvalue weighted by Gasteiger charge is -2.08. The molecule has 1 unspecified atom stereocenters. The van der Waals surface area contributed by atoms with Gasteiger partial charge in [-0.05, 0) is 5.92 Å². The van der Waals surface area contributed by atoms with Gasteiger partial charge in [-0.25, -0.2) is 0 Å². The molecule has 2 aromatic heterocycles. The van der Waals surface area contributed by atoms with Crippen molar-refractivity contribution in [2.75, 3.05) is 0 Å². The normalized spacial score (nSPS) is 13.3. The second-order valence-electron chi connectivity index (χ2n) is 3.59. The lowest BCUT2D eigenvalue weighted by molar-refractivity contribution is 0.325. The van der Waals surface area contributed by atoms with Gasteiger partial charge in [-0.15, -0.1) is 11.3 Å². The first-order chi connectivity index (χ1) is 7.18. The molecular formula is C9H12N4OS. The Kier molecular flexibility index (Phi) is 2.79. The predicted molar refractivity (Wildman–Crippen MR) is 57.2 cm³/mol. The molecule has 0 aliphatic carbocycles. The topological polar surface area (TPSA) is 77.8 Å². The fourth-order valence-corrected chi connectivity index (χ4v) is 1.63. The minimum atomic E-state index is -0.209. The summed E-state index contributed by atoms with van der Waals surface area (Å²) in [6.07, 6.45) is 1.71. The van der Waals surface area contributed by atoms with Gasteiger partial charge in [-0.1, -0.05) is 19.0 Å². The SMILES string of the molecule is CC(C)C(N)c1nc(-c2cncs2)no1. The molecule has 2 heterocycles. The molecule has 0 aliphatic heterocycles. The van der Waals surface area contributed by atoms with Crippen molar-refractivity contribution in [2.45, 2.75) is 19.9 Å². The molecule has 0 fully saturated rings. The minimum absolute atomic E-state index is 0.209. The van der Waals surface area contributed by atoms with E-state index in [2.05, 4.69) is 15.1 Å². The van der Waals surface area contributed by atoms with Crippen molar-refractivity contribution >= 4 is 11.3 Å². The molecule has 0 aliphatic rings. The third kappa shape index (κ3) is 2.05. The van der Waals surface area contributed by atoms with Crippen LogP contribution < -0.4 is 5.73 Å². The molecule has 0 bridgehead atoms. The van der Waals surface area contributed by atoms with Crippen LogP contribution in [0.5, 0.6) is 0 Å². The fraction of sp³-hybridized carbons (Fsp3) is 0.444. The zero-order valence-corrected chi connectivity index (χ0v) is 9.36. The molecule has 5 nitrogen and oxygen atoms in total.